The van der Waals surface area contributed by atoms with Gasteiger partial charge in [-0.1, -0.05) is 6.07 Å². The maximum atomic E-state index is 12.8. The molecule has 3 aromatic rings. The van der Waals surface area contributed by atoms with E-state index in [1.807, 2.05) is 6.07 Å². The number of nitrogens with two attached hydrogens (primary N) is 1. The van der Waals surface area contributed by atoms with E-state index in [-0.39, 0.29) is 34.9 Å². The number of carbonyl (C=O) groups excluding carboxylic acids is 3. The molecule has 4 N–H and O–H groups in total. The van der Waals surface area contributed by atoms with E-state index in [4.69, 9.17) is 10.2 Å². The topological polar surface area (TPSA) is 143 Å². The lowest BCUT2D eigenvalue weighted by molar-refractivity contribution is -0.117. The highest BCUT2D eigenvalue weighted by Gasteiger charge is 2.24. The molecule has 3 amide bonds. The van der Waals surface area contributed by atoms with Crippen LogP contribution >= 0.6 is 0 Å². The van der Waals surface area contributed by atoms with Crippen LogP contribution in [0, 0.1) is 18.3 Å². The van der Waals surface area contributed by atoms with Gasteiger partial charge >= 0.3 is 0 Å². The number of primary amides is 1. The number of nitrogens with zero attached hydrogens (tertiary/aromatic N) is 2. The Morgan fingerprint density at radius 3 is 2.55 bits per heavy atom. The van der Waals surface area contributed by atoms with Gasteiger partial charge in [-0.25, -0.2) is 0 Å². The Morgan fingerprint density at radius 2 is 1.90 bits per heavy atom. The lowest BCUT2D eigenvalue weighted by Crippen LogP contribution is -2.33. The quantitative estimate of drug-likeness (QED) is 0.586. The number of nitriles is 1. The highest BCUT2D eigenvalue weighted by Crippen LogP contribution is 2.26. The first-order chi connectivity index (χ1) is 13.9. The van der Waals surface area contributed by atoms with Gasteiger partial charge in [0, 0.05) is 23.6 Å². The molecule has 146 valence electrons. The van der Waals surface area contributed by atoms with Crippen LogP contribution in [0.25, 0.3) is 5.88 Å². The third-order valence-corrected chi connectivity index (χ3v) is 4.05. The summed E-state index contributed by atoms with van der Waals surface area (Å²) in [4.78, 5) is 35.7. The molecule has 0 saturated carbocycles. The normalized spacial score (nSPS) is 10.2. The van der Waals surface area contributed by atoms with E-state index in [2.05, 4.69) is 10.6 Å². The summed E-state index contributed by atoms with van der Waals surface area (Å²) in [6.07, 6.45) is 3.41. The average Bonchev–Trinajstić information content (AvgIpc) is 3.33. The molecule has 0 aliphatic carbocycles. The van der Waals surface area contributed by atoms with E-state index >= 15 is 0 Å². The maximum absolute atomic E-state index is 12.8. The fourth-order valence-corrected chi connectivity index (χ4v) is 2.76. The van der Waals surface area contributed by atoms with Crippen LogP contribution in [-0.4, -0.2) is 28.8 Å². The molecule has 3 rings (SSSR count). The van der Waals surface area contributed by atoms with E-state index in [0.29, 0.717) is 5.69 Å². The van der Waals surface area contributed by atoms with Gasteiger partial charge in [-0.2, -0.15) is 5.26 Å². The molecule has 9 heteroatoms. The first-order valence-corrected chi connectivity index (χ1v) is 8.55. The van der Waals surface area contributed by atoms with Crippen molar-refractivity contribution in [1.82, 2.24) is 9.88 Å². The van der Waals surface area contributed by atoms with Gasteiger partial charge in [-0.05, 0) is 37.3 Å². The lowest BCUT2D eigenvalue weighted by Gasteiger charge is -2.08. The molecule has 29 heavy (non-hydrogen) atoms. The number of aromatic nitrogens is 1. The van der Waals surface area contributed by atoms with Crippen molar-refractivity contribution >= 4 is 23.4 Å². The molecular formula is C20H17N5O4. The number of benzene rings is 1. The number of amides is 3. The molecule has 0 bridgehead atoms. The highest BCUT2D eigenvalue weighted by atomic mass is 16.4. The molecule has 0 aliphatic heterocycles. The van der Waals surface area contributed by atoms with Crippen LogP contribution in [-0.2, 0) is 4.79 Å². The summed E-state index contributed by atoms with van der Waals surface area (Å²) in [6.45, 7) is 1.30. The second-order valence-corrected chi connectivity index (χ2v) is 6.10. The molecule has 0 atom stereocenters. The number of hydrogen-bond acceptors (Lipinski definition) is 5. The van der Waals surface area contributed by atoms with Crippen molar-refractivity contribution in [3.05, 3.63) is 71.2 Å². The number of nitrogens with one attached hydrogen (secondary N) is 2. The molecule has 1 aromatic carbocycles. The minimum Gasteiger partial charge on any atom is -0.443 e. The molecule has 2 heterocycles. The number of furan rings is 1. The molecular weight excluding hydrogens is 374 g/mol. The Hall–Kier alpha value is -4.32. The third-order valence-electron chi connectivity index (χ3n) is 4.05. The van der Waals surface area contributed by atoms with Crippen LogP contribution in [0.3, 0.4) is 0 Å². The van der Waals surface area contributed by atoms with Crippen LogP contribution in [0.15, 0.2) is 53.2 Å². The number of rotatable bonds is 6. The summed E-state index contributed by atoms with van der Waals surface area (Å²) in [6, 6.07) is 11.7. The van der Waals surface area contributed by atoms with Gasteiger partial charge in [0.2, 0.25) is 11.8 Å². The van der Waals surface area contributed by atoms with Gasteiger partial charge in [0.25, 0.3) is 11.8 Å². The summed E-state index contributed by atoms with van der Waals surface area (Å²) >= 11 is 0. The highest BCUT2D eigenvalue weighted by molar-refractivity contribution is 6.08. The number of aryl methyl sites for hydroxylation is 1. The molecule has 0 fully saturated rings. The summed E-state index contributed by atoms with van der Waals surface area (Å²) < 4.78 is 7.23. The fraction of sp³-hybridized carbons (Fsp3) is 0.100. The number of carbonyl (C=O) groups is 3. The number of anilines is 1. The SMILES string of the molecule is Cc1oc(-n2cccc2)c(C#N)c1C(=O)Nc1cccc(C(=O)NCC(N)=O)c1. The van der Waals surface area contributed by atoms with E-state index in [1.165, 1.54) is 12.1 Å². The first-order valence-electron chi connectivity index (χ1n) is 8.55. The molecule has 0 saturated heterocycles. The predicted molar refractivity (Wildman–Crippen MR) is 103 cm³/mol. The summed E-state index contributed by atoms with van der Waals surface area (Å²) in [5, 5.41) is 14.6. The zero-order chi connectivity index (χ0) is 21.0. The molecule has 2 aromatic heterocycles. The Balaban J connectivity index is 1.85. The van der Waals surface area contributed by atoms with Crippen molar-refractivity contribution in [2.24, 2.45) is 5.73 Å². The monoisotopic (exact) mass is 391 g/mol. The second-order valence-electron chi connectivity index (χ2n) is 6.10. The van der Waals surface area contributed by atoms with Gasteiger partial charge in [0.05, 0.1) is 6.54 Å². The minimum absolute atomic E-state index is 0.103. The van der Waals surface area contributed by atoms with Crippen molar-refractivity contribution < 1.29 is 18.8 Å². The Kier molecular flexibility index (Phi) is 5.46. The third kappa shape index (κ3) is 4.17. The van der Waals surface area contributed by atoms with Crippen molar-refractivity contribution in [2.75, 3.05) is 11.9 Å². The second kappa shape index (κ2) is 8.14. The zero-order valence-corrected chi connectivity index (χ0v) is 15.4. The van der Waals surface area contributed by atoms with E-state index in [1.54, 1.807) is 48.1 Å². The molecule has 0 aliphatic rings. The van der Waals surface area contributed by atoms with Crippen LogP contribution in [0.2, 0.25) is 0 Å². The fourth-order valence-electron chi connectivity index (χ4n) is 2.76. The van der Waals surface area contributed by atoms with Crippen LogP contribution in [0.5, 0.6) is 0 Å². The standard InChI is InChI=1S/C20H17N5O4/c1-12-17(15(10-21)20(29-12)25-7-2-3-8-25)19(28)24-14-6-4-5-13(9-14)18(27)23-11-16(22)26/h2-9H,11H2,1H3,(H2,22,26)(H,23,27)(H,24,28). The molecule has 9 nitrogen and oxygen atoms in total. The van der Waals surface area contributed by atoms with Crippen LogP contribution < -0.4 is 16.4 Å². The van der Waals surface area contributed by atoms with E-state index in [9.17, 15) is 19.6 Å². The van der Waals surface area contributed by atoms with Gasteiger partial charge in [0.1, 0.15) is 23.0 Å². The summed E-state index contributed by atoms with van der Waals surface area (Å²) in [5.41, 5.74) is 5.80. The Bertz CT molecular complexity index is 1120. The minimum atomic E-state index is -0.666. The zero-order valence-electron chi connectivity index (χ0n) is 15.4. The Morgan fingerprint density at radius 1 is 1.17 bits per heavy atom. The summed E-state index contributed by atoms with van der Waals surface area (Å²) in [7, 11) is 0. The molecule has 0 spiro atoms. The van der Waals surface area contributed by atoms with Gasteiger partial charge < -0.3 is 20.8 Å². The average molecular weight is 391 g/mol. The van der Waals surface area contributed by atoms with Crippen molar-refractivity contribution in [2.45, 2.75) is 6.92 Å². The Labute approximate surface area is 165 Å². The maximum Gasteiger partial charge on any atom is 0.260 e. The van der Waals surface area contributed by atoms with Crippen LogP contribution in [0.4, 0.5) is 5.69 Å². The number of hydrogen-bond donors (Lipinski definition) is 3. The summed E-state index contributed by atoms with van der Waals surface area (Å²) in [5.74, 6) is -1.18. The van der Waals surface area contributed by atoms with Crippen molar-refractivity contribution in [3.63, 3.8) is 0 Å². The van der Waals surface area contributed by atoms with E-state index in [0.717, 1.165) is 0 Å². The van der Waals surface area contributed by atoms with Gasteiger partial charge in [-0.3, -0.25) is 19.0 Å². The van der Waals surface area contributed by atoms with Gasteiger partial charge in [-0.15, -0.1) is 0 Å². The predicted octanol–water partition coefficient (Wildman–Crippen LogP) is 1.72. The largest absolute Gasteiger partial charge is 0.443 e. The van der Waals surface area contributed by atoms with Crippen molar-refractivity contribution in [1.29, 1.82) is 5.26 Å². The van der Waals surface area contributed by atoms with Crippen LogP contribution in [0.1, 0.15) is 32.0 Å². The first kappa shape index (κ1) is 19.4. The van der Waals surface area contributed by atoms with Crippen molar-refractivity contribution in [3.8, 4) is 12.0 Å². The molecule has 0 radical (unpaired) electrons. The van der Waals surface area contributed by atoms with E-state index < -0.39 is 17.7 Å². The molecule has 0 unspecified atom stereocenters. The lowest BCUT2D eigenvalue weighted by atomic mass is 10.1. The van der Waals surface area contributed by atoms with Gasteiger partial charge in [0.15, 0.2) is 0 Å². The smallest absolute Gasteiger partial charge is 0.260 e.